The smallest absolute Gasteiger partial charge is 0.254 e. The van der Waals surface area contributed by atoms with Crippen LogP contribution in [-0.4, -0.2) is 40.6 Å². The molecule has 0 unspecified atom stereocenters. The molecule has 1 saturated heterocycles. The first-order valence-electron chi connectivity index (χ1n) is 11.2. The number of benzene rings is 3. The number of piperidine rings is 1. The highest BCUT2D eigenvalue weighted by molar-refractivity contribution is 6.15. The summed E-state index contributed by atoms with van der Waals surface area (Å²) < 4.78 is 0. The van der Waals surface area contributed by atoms with Crippen LogP contribution in [0.5, 0.6) is 5.75 Å². The predicted molar refractivity (Wildman–Crippen MR) is 127 cm³/mol. The molecule has 5 nitrogen and oxygen atoms in total. The van der Waals surface area contributed by atoms with Gasteiger partial charge in [-0.1, -0.05) is 30.3 Å². The van der Waals surface area contributed by atoms with Crippen LogP contribution in [0.25, 0.3) is 0 Å². The fourth-order valence-electron chi connectivity index (χ4n) is 4.28. The Morgan fingerprint density at radius 3 is 2.03 bits per heavy atom. The lowest BCUT2D eigenvalue weighted by Crippen LogP contribution is -2.40. The van der Waals surface area contributed by atoms with Gasteiger partial charge < -0.3 is 10.0 Å². The van der Waals surface area contributed by atoms with E-state index < -0.39 is 0 Å². The molecule has 3 aromatic rings. The molecule has 0 bridgehead atoms. The van der Waals surface area contributed by atoms with E-state index in [1.54, 1.807) is 47.4 Å². The molecule has 1 fully saturated rings. The lowest BCUT2D eigenvalue weighted by atomic mass is 9.88. The van der Waals surface area contributed by atoms with Gasteiger partial charge in [0.05, 0.1) is 5.56 Å². The molecule has 3 aromatic carbocycles. The summed E-state index contributed by atoms with van der Waals surface area (Å²) in [6, 6.07) is 18.8. The number of nitrogens with zero attached hydrogens (tertiary/aromatic N) is 1. The SMILES string of the molecule is Cc1ccc(C(=O)c2ccccc2C(=O)N2CCC(C(=O)c3ccc(O)cc3)CC2)cc1C. The number of rotatable bonds is 5. The first-order valence-corrected chi connectivity index (χ1v) is 11.2. The molecule has 1 aliphatic heterocycles. The van der Waals surface area contributed by atoms with Crippen LogP contribution in [0.1, 0.15) is 60.6 Å². The molecule has 0 radical (unpaired) electrons. The van der Waals surface area contributed by atoms with Crippen molar-refractivity contribution in [3.05, 3.63) is 100 Å². The molecular formula is C28H27NO4. The van der Waals surface area contributed by atoms with E-state index in [9.17, 15) is 19.5 Å². The first-order chi connectivity index (χ1) is 15.8. The van der Waals surface area contributed by atoms with E-state index in [0.29, 0.717) is 48.2 Å². The molecule has 1 aliphatic rings. The predicted octanol–water partition coefficient (Wildman–Crippen LogP) is 4.98. The second-order valence-electron chi connectivity index (χ2n) is 8.65. The standard InChI is InChI=1S/C28H27NO4/c1-18-7-8-22(17-19(18)2)27(32)24-5-3-4-6-25(24)28(33)29-15-13-21(14-16-29)26(31)20-9-11-23(30)12-10-20/h3-12,17,21,30H,13-16H2,1-2H3. The molecule has 4 rings (SSSR count). The van der Waals surface area contributed by atoms with Crippen molar-refractivity contribution in [1.82, 2.24) is 4.90 Å². The number of phenolic OH excluding ortho intramolecular Hbond substituents is 1. The highest BCUT2D eigenvalue weighted by atomic mass is 16.3. The summed E-state index contributed by atoms with van der Waals surface area (Å²) in [6.07, 6.45) is 1.14. The number of carbonyl (C=O) groups is 3. The Bertz CT molecular complexity index is 1200. The molecule has 5 heteroatoms. The number of amides is 1. The van der Waals surface area contributed by atoms with Crippen molar-refractivity contribution in [2.75, 3.05) is 13.1 Å². The lowest BCUT2D eigenvalue weighted by molar-refractivity contribution is 0.0648. The van der Waals surface area contributed by atoms with Gasteiger partial charge in [0.15, 0.2) is 11.6 Å². The zero-order valence-electron chi connectivity index (χ0n) is 18.9. The van der Waals surface area contributed by atoms with Crippen LogP contribution >= 0.6 is 0 Å². The van der Waals surface area contributed by atoms with Gasteiger partial charge in [0.25, 0.3) is 5.91 Å². The van der Waals surface area contributed by atoms with Crippen LogP contribution < -0.4 is 0 Å². The Hall–Kier alpha value is -3.73. The molecule has 0 aliphatic carbocycles. The van der Waals surface area contributed by atoms with E-state index in [-0.39, 0.29) is 29.1 Å². The van der Waals surface area contributed by atoms with Crippen molar-refractivity contribution in [1.29, 1.82) is 0 Å². The molecule has 1 N–H and O–H groups in total. The maximum absolute atomic E-state index is 13.3. The summed E-state index contributed by atoms with van der Waals surface area (Å²) in [5.74, 6) is -0.350. The number of hydrogen-bond acceptors (Lipinski definition) is 4. The normalized spacial score (nSPS) is 14.2. The molecular weight excluding hydrogens is 414 g/mol. The zero-order valence-corrected chi connectivity index (χ0v) is 18.9. The number of aryl methyl sites for hydroxylation is 2. The van der Waals surface area contributed by atoms with Gasteiger partial charge in [-0.2, -0.15) is 0 Å². The molecule has 33 heavy (non-hydrogen) atoms. The summed E-state index contributed by atoms with van der Waals surface area (Å²) >= 11 is 0. The average molecular weight is 442 g/mol. The van der Waals surface area contributed by atoms with Crippen LogP contribution in [0.2, 0.25) is 0 Å². The third kappa shape index (κ3) is 4.72. The largest absolute Gasteiger partial charge is 0.508 e. The van der Waals surface area contributed by atoms with E-state index in [1.165, 1.54) is 12.1 Å². The van der Waals surface area contributed by atoms with Crippen molar-refractivity contribution in [2.45, 2.75) is 26.7 Å². The van der Waals surface area contributed by atoms with Gasteiger partial charge in [0.1, 0.15) is 5.75 Å². The number of aromatic hydroxyl groups is 1. The Labute approximate surface area is 193 Å². The number of phenols is 1. The Kier molecular flexibility index (Phi) is 6.40. The highest BCUT2D eigenvalue weighted by Gasteiger charge is 2.30. The molecule has 0 atom stereocenters. The van der Waals surface area contributed by atoms with E-state index >= 15 is 0 Å². The average Bonchev–Trinajstić information content (AvgIpc) is 2.85. The summed E-state index contributed by atoms with van der Waals surface area (Å²) in [4.78, 5) is 41.0. The Morgan fingerprint density at radius 2 is 1.39 bits per heavy atom. The first kappa shape index (κ1) is 22.5. The van der Waals surface area contributed by atoms with Gasteiger partial charge in [-0.3, -0.25) is 14.4 Å². The van der Waals surface area contributed by atoms with Crippen LogP contribution in [0.15, 0.2) is 66.7 Å². The second kappa shape index (κ2) is 9.41. The van der Waals surface area contributed by atoms with E-state index in [0.717, 1.165) is 11.1 Å². The van der Waals surface area contributed by atoms with Gasteiger partial charge in [0.2, 0.25) is 0 Å². The molecule has 1 amide bonds. The van der Waals surface area contributed by atoms with Crippen LogP contribution in [0, 0.1) is 19.8 Å². The maximum atomic E-state index is 13.3. The lowest BCUT2D eigenvalue weighted by Gasteiger charge is -2.31. The summed E-state index contributed by atoms with van der Waals surface area (Å²) in [5, 5.41) is 9.43. The van der Waals surface area contributed by atoms with E-state index in [4.69, 9.17) is 0 Å². The molecule has 0 aromatic heterocycles. The number of Topliss-reactive ketones (excluding diaryl/α,β-unsaturated/α-hetero) is 1. The quantitative estimate of drug-likeness (QED) is 0.567. The fourth-order valence-corrected chi connectivity index (χ4v) is 4.28. The van der Waals surface area contributed by atoms with Crippen molar-refractivity contribution in [2.24, 2.45) is 5.92 Å². The minimum Gasteiger partial charge on any atom is -0.508 e. The van der Waals surface area contributed by atoms with Gasteiger partial charge in [-0.15, -0.1) is 0 Å². The maximum Gasteiger partial charge on any atom is 0.254 e. The third-order valence-electron chi connectivity index (χ3n) is 6.48. The second-order valence-corrected chi connectivity index (χ2v) is 8.65. The van der Waals surface area contributed by atoms with E-state index in [2.05, 4.69) is 0 Å². The minimum absolute atomic E-state index is 0.0346. The van der Waals surface area contributed by atoms with Gasteiger partial charge >= 0.3 is 0 Å². The molecule has 0 spiro atoms. The number of hydrogen-bond donors (Lipinski definition) is 1. The topological polar surface area (TPSA) is 74.7 Å². The monoisotopic (exact) mass is 441 g/mol. The third-order valence-corrected chi connectivity index (χ3v) is 6.48. The van der Waals surface area contributed by atoms with Gasteiger partial charge in [-0.25, -0.2) is 0 Å². The van der Waals surface area contributed by atoms with Crippen molar-refractivity contribution in [3.63, 3.8) is 0 Å². The minimum atomic E-state index is -0.182. The van der Waals surface area contributed by atoms with Crippen molar-refractivity contribution in [3.8, 4) is 5.75 Å². The highest BCUT2D eigenvalue weighted by Crippen LogP contribution is 2.25. The summed E-state index contributed by atoms with van der Waals surface area (Å²) in [6.45, 7) is 4.88. The van der Waals surface area contributed by atoms with Crippen LogP contribution in [-0.2, 0) is 0 Å². The van der Waals surface area contributed by atoms with E-state index in [1.807, 2.05) is 26.0 Å². The molecule has 0 saturated carbocycles. The number of likely N-dealkylation sites (tertiary alicyclic amines) is 1. The summed E-state index contributed by atoms with van der Waals surface area (Å²) in [5.41, 5.74) is 4.07. The fraction of sp³-hybridized carbons (Fsp3) is 0.250. The number of carbonyl (C=O) groups excluding carboxylic acids is 3. The van der Waals surface area contributed by atoms with Crippen LogP contribution in [0.3, 0.4) is 0 Å². The van der Waals surface area contributed by atoms with Crippen LogP contribution in [0.4, 0.5) is 0 Å². The van der Waals surface area contributed by atoms with Crippen molar-refractivity contribution >= 4 is 17.5 Å². The molecule has 168 valence electrons. The molecule has 1 heterocycles. The van der Waals surface area contributed by atoms with Gasteiger partial charge in [0, 0.05) is 35.7 Å². The van der Waals surface area contributed by atoms with Crippen molar-refractivity contribution < 1.29 is 19.5 Å². The zero-order chi connectivity index (χ0) is 23.5. The Morgan fingerprint density at radius 1 is 0.788 bits per heavy atom. The Balaban J connectivity index is 1.48. The van der Waals surface area contributed by atoms with Gasteiger partial charge in [-0.05, 0) is 74.2 Å². The number of ketones is 2. The summed E-state index contributed by atoms with van der Waals surface area (Å²) in [7, 11) is 0.